The second kappa shape index (κ2) is 8.32. The summed E-state index contributed by atoms with van der Waals surface area (Å²) in [5, 5.41) is 13.2. The Morgan fingerprint density at radius 2 is 2.07 bits per heavy atom. The monoisotopic (exact) mass is 415 g/mol. The van der Waals surface area contributed by atoms with Gasteiger partial charge in [-0.15, -0.1) is 10.2 Å². The van der Waals surface area contributed by atoms with E-state index in [9.17, 15) is 9.59 Å². The number of carbonyl (C=O) groups excluding carboxylic acids is 1. The lowest BCUT2D eigenvalue weighted by molar-refractivity contribution is -0.116. The zero-order valence-electron chi connectivity index (χ0n) is 15.3. The van der Waals surface area contributed by atoms with Gasteiger partial charge in [0.2, 0.25) is 11.0 Å². The fraction of sp³-hybridized carbons (Fsp3) is 0.421. The standard InChI is InChI=1S/C19H21N5O2S2/c25-15(21-18-23-22-16(28-18)12-9-10-12)8-2-1-5-11-24-17(26)13-6-3-4-7-14(13)20-19(24)27/h3-4,6-7,12H,1-2,5,8-11H2,(H,20,27)(H,21,23,25). The molecular weight excluding hydrogens is 394 g/mol. The summed E-state index contributed by atoms with van der Waals surface area (Å²) < 4.78 is 2.03. The lowest BCUT2D eigenvalue weighted by Gasteiger charge is -2.08. The van der Waals surface area contributed by atoms with Crippen LogP contribution in [0.1, 0.15) is 49.5 Å². The molecule has 9 heteroatoms. The number of benzene rings is 1. The van der Waals surface area contributed by atoms with Crippen LogP contribution in [0, 0.1) is 4.77 Å². The third-order valence-electron chi connectivity index (χ3n) is 4.79. The van der Waals surface area contributed by atoms with Crippen LogP contribution in [0.2, 0.25) is 0 Å². The van der Waals surface area contributed by atoms with Crippen LogP contribution in [0.15, 0.2) is 29.1 Å². The Hall–Kier alpha value is -2.39. The molecular formula is C19H21N5O2S2. The number of aromatic amines is 1. The van der Waals surface area contributed by atoms with E-state index in [2.05, 4.69) is 20.5 Å². The van der Waals surface area contributed by atoms with Gasteiger partial charge in [0.15, 0.2) is 4.77 Å². The maximum absolute atomic E-state index is 12.6. The zero-order chi connectivity index (χ0) is 19.5. The normalized spacial score (nSPS) is 13.7. The van der Waals surface area contributed by atoms with E-state index in [1.165, 1.54) is 24.2 Å². The van der Waals surface area contributed by atoms with Gasteiger partial charge in [-0.1, -0.05) is 29.9 Å². The van der Waals surface area contributed by atoms with E-state index < -0.39 is 0 Å². The summed E-state index contributed by atoms with van der Waals surface area (Å²) in [5.41, 5.74) is 0.687. The van der Waals surface area contributed by atoms with Gasteiger partial charge in [-0.05, 0) is 50.0 Å². The van der Waals surface area contributed by atoms with Gasteiger partial charge in [0.05, 0.1) is 10.9 Å². The van der Waals surface area contributed by atoms with Crippen LogP contribution in [-0.2, 0) is 11.3 Å². The maximum atomic E-state index is 12.6. The first-order valence-corrected chi connectivity index (χ1v) is 10.7. The SMILES string of the molecule is O=C(CCCCCn1c(=S)[nH]c2ccccc2c1=O)Nc1nnc(C2CC2)s1. The summed E-state index contributed by atoms with van der Waals surface area (Å²) in [5.74, 6) is 0.506. The molecule has 1 aliphatic rings. The minimum Gasteiger partial charge on any atom is -0.332 e. The molecule has 4 rings (SSSR count). The maximum Gasteiger partial charge on any atom is 0.262 e. The molecule has 2 heterocycles. The van der Waals surface area contributed by atoms with Crippen molar-refractivity contribution in [3.8, 4) is 0 Å². The fourth-order valence-corrected chi connectivity index (χ4v) is 4.31. The molecule has 0 saturated heterocycles. The van der Waals surface area contributed by atoms with E-state index in [0.29, 0.717) is 34.2 Å². The molecule has 28 heavy (non-hydrogen) atoms. The molecule has 1 amide bonds. The Balaban J connectivity index is 1.24. The molecule has 1 saturated carbocycles. The van der Waals surface area contributed by atoms with Crippen molar-refractivity contribution in [3.05, 3.63) is 44.4 Å². The van der Waals surface area contributed by atoms with Crippen molar-refractivity contribution in [1.82, 2.24) is 19.7 Å². The second-order valence-corrected chi connectivity index (χ2v) is 8.41. The van der Waals surface area contributed by atoms with Crippen LogP contribution < -0.4 is 10.9 Å². The summed E-state index contributed by atoms with van der Waals surface area (Å²) >= 11 is 6.79. The smallest absolute Gasteiger partial charge is 0.262 e. The van der Waals surface area contributed by atoms with Crippen molar-refractivity contribution in [2.75, 3.05) is 5.32 Å². The number of H-pyrrole nitrogens is 1. The molecule has 3 aromatic rings. The summed E-state index contributed by atoms with van der Waals surface area (Å²) in [6.45, 7) is 0.543. The molecule has 146 valence electrons. The van der Waals surface area contributed by atoms with Crippen molar-refractivity contribution in [1.29, 1.82) is 0 Å². The largest absolute Gasteiger partial charge is 0.332 e. The summed E-state index contributed by atoms with van der Waals surface area (Å²) in [6, 6.07) is 7.36. The molecule has 1 aliphatic carbocycles. The van der Waals surface area contributed by atoms with Gasteiger partial charge in [0.1, 0.15) is 5.01 Å². The van der Waals surface area contributed by atoms with Crippen molar-refractivity contribution >= 4 is 45.5 Å². The predicted molar refractivity (Wildman–Crippen MR) is 112 cm³/mol. The van der Waals surface area contributed by atoms with Crippen molar-refractivity contribution in [3.63, 3.8) is 0 Å². The van der Waals surface area contributed by atoms with Gasteiger partial charge in [0.25, 0.3) is 5.56 Å². The van der Waals surface area contributed by atoms with E-state index in [-0.39, 0.29) is 11.5 Å². The highest BCUT2D eigenvalue weighted by Gasteiger charge is 2.27. The van der Waals surface area contributed by atoms with E-state index >= 15 is 0 Å². The van der Waals surface area contributed by atoms with Gasteiger partial charge < -0.3 is 10.3 Å². The lowest BCUT2D eigenvalue weighted by Crippen LogP contribution is -2.22. The van der Waals surface area contributed by atoms with Gasteiger partial charge in [0, 0.05) is 18.9 Å². The second-order valence-electron chi connectivity index (χ2n) is 7.01. The Morgan fingerprint density at radius 1 is 1.25 bits per heavy atom. The highest BCUT2D eigenvalue weighted by molar-refractivity contribution is 7.71. The average Bonchev–Trinajstić information content (AvgIpc) is 3.43. The Morgan fingerprint density at radius 3 is 2.89 bits per heavy atom. The number of hydrogen-bond acceptors (Lipinski definition) is 6. The van der Waals surface area contributed by atoms with Crippen molar-refractivity contribution in [2.24, 2.45) is 0 Å². The molecule has 7 nitrogen and oxygen atoms in total. The molecule has 1 aromatic carbocycles. The first-order chi connectivity index (χ1) is 13.6. The molecule has 2 N–H and O–H groups in total. The highest BCUT2D eigenvalue weighted by atomic mass is 32.1. The molecule has 1 fully saturated rings. The van der Waals surface area contributed by atoms with Gasteiger partial charge in [-0.3, -0.25) is 14.2 Å². The lowest BCUT2D eigenvalue weighted by atomic mass is 10.2. The number of nitrogens with zero attached hydrogens (tertiary/aromatic N) is 3. The Labute approximate surface area is 170 Å². The molecule has 2 aromatic heterocycles. The number of rotatable bonds is 8. The third-order valence-corrected chi connectivity index (χ3v) is 6.11. The first kappa shape index (κ1) is 18.9. The summed E-state index contributed by atoms with van der Waals surface area (Å²) in [4.78, 5) is 27.7. The van der Waals surface area contributed by atoms with Gasteiger partial charge in [-0.25, -0.2) is 0 Å². The van der Waals surface area contributed by atoms with Crippen LogP contribution in [-0.4, -0.2) is 25.7 Å². The molecule has 0 atom stereocenters. The number of amides is 1. The number of para-hydroxylation sites is 1. The Bertz CT molecular complexity index is 1110. The minimum atomic E-state index is -0.0696. The summed E-state index contributed by atoms with van der Waals surface area (Å²) in [6.07, 6.45) is 5.15. The molecule has 0 unspecified atom stereocenters. The number of unbranched alkanes of at least 4 members (excludes halogenated alkanes) is 2. The number of fused-ring (bicyclic) bond motifs is 1. The summed E-state index contributed by atoms with van der Waals surface area (Å²) in [7, 11) is 0. The minimum absolute atomic E-state index is 0.0429. The first-order valence-electron chi connectivity index (χ1n) is 9.47. The van der Waals surface area contributed by atoms with E-state index in [1.54, 1.807) is 10.6 Å². The van der Waals surface area contributed by atoms with E-state index in [0.717, 1.165) is 29.8 Å². The number of anilines is 1. The molecule has 0 bridgehead atoms. The topological polar surface area (TPSA) is 92.7 Å². The van der Waals surface area contributed by atoms with Gasteiger partial charge in [-0.2, -0.15) is 0 Å². The predicted octanol–water partition coefficient (Wildman–Crippen LogP) is 3.99. The van der Waals surface area contributed by atoms with Crippen LogP contribution >= 0.6 is 23.6 Å². The van der Waals surface area contributed by atoms with Gasteiger partial charge >= 0.3 is 0 Å². The fourth-order valence-electron chi connectivity index (χ4n) is 3.10. The van der Waals surface area contributed by atoms with Crippen LogP contribution in [0.25, 0.3) is 10.9 Å². The Kier molecular flexibility index (Phi) is 5.63. The number of nitrogens with one attached hydrogen (secondary N) is 2. The van der Waals surface area contributed by atoms with Crippen LogP contribution in [0.3, 0.4) is 0 Å². The van der Waals surface area contributed by atoms with Crippen LogP contribution in [0.5, 0.6) is 0 Å². The zero-order valence-corrected chi connectivity index (χ0v) is 16.9. The number of aromatic nitrogens is 4. The number of carbonyl (C=O) groups is 1. The highest BCUT2D eigenvalue weighted by Crippen LogP contribution is 2.42. The van der Waals surface area contributed by atoms with Crippen LogP contribution in [0.4, 0.5) is 5.13 Å². The van der Waals surface area contributed by atoms with Crippen molar-refractivity contribution < 1.29 is 4.79 Å². The molecule has 0 aliphatic heterocycles. The quantitative estimate of drug-likeness (QED) is 0.429. The third kappa shape index (κ3) is 4.36. The molecule has 0 radical (unpaired) electrons. The number of hydrogen-bond donors (Lipinski definition) is 2. The average molecular weight is 416 g/mol. The van der Waals surface area contributed by atoms with E-state index in [4.69, 9.17) is 12.2 Å². The van der Waals surface area contributed by atoms with E-state index in [1.807, 2.05) is 18.2 Å². The van der Waals surface area contributed by atoms with Crippen molar-refractivity contribution in [2.45, 2.75) is 51.0 Å². The molecule has 0 spiro atoms.